The zero-order valence-electron chi connectivity index (χ0n) is 19.0. The number of rotatable bonds is 4. The number of aromatic nitrogens is 1. The van der Waals surface area contributed by atoms with Crippen LogP contribution in [0.4, 0.5) is 10.1 Å². The van der Waals surface area contributed by atoms with Crippen LogP contribution in [0.2, 0.25) is 0 Å². The summed E-state index contributed by atoms with van der Waals surface area (Å²) < 4.78 is 23.0. The van der Waals surface area contributed by atoms with E-state index in [2.05, 4.69) is 41.3 Å². The molecule has 7 nitrogen and oxygen atoms in total. The lowest BCUT2D eigenvalue weighted by atomic mass is 10.0. The Labute approximate surface area is 200 Å². The van der Waals surface area contributed by atoms with E-state index in [1.54, 1.807) is 4.57 Å². The number of pyridine rings is 1. The number of benzene rings is 3. The average Bonchev–Trinajstić information content (AvgIpc) is 2.87. The summed E-state index contributed by atoms with van der Waals surface area (Å²) in [6.07, 6.45) is 1.34. The molecule has 0 amide bonds. The highest BCUT2D eigenvalue weighted by atomic mass is 19.1. The Balaban J connectivity index is 1.30. The molecule has 8 heteroatoms. The Hall–Kier alpha value is -3.91. The highest BCUT2D eigenvalue weighted by molar-refractivity contribution is 5.97. The number of fused-ring (bicyclic) bond motifs is 1. The zero-order valence-corrected chi connectivity index (χ0v) is 19.0. The molecule has 178 valence electrons. The quantitative estimate of drug-likeness (QED) is 0.487. The number of hydrogen-bond donors (Lipinski definition) is 1. The number of piperazine rings is 1. The van der Waals surface area contributed by atoms with E-state index in [-0.39, 0.29) is 17.6 Å². The predicted molar refractivity (Wildman–Crippen MR) is 132 cm³/mol. The molecule has 1 aromatic heterocycles. The van der Waals surface area contributed by atoms with Crippen LogP contribution in [-0.4, -0.2) is 53.3 Å². The van der Waals surface area contributed by atoms with E-state index >= 15 is 4.39 Å². The normalized spacial score (nSPS) is 16.0. The zero-order chi connectivity index (χ0) is 24.1. The van der Waals surface area contributed by atoms with Crippen LogP contribution in [0.15, 0.2) is 59.5 Å². The smallest absolute Gasteiger partial charge is 0.341 e. The number of ether oxygens (including phenoxy) is 1. The van der Waals surface area contributed by atoms with Crippen molar-refractivity contribution >= 4 is 33.3 Å². The monoisotopic (exact) mass is 473 g/mol. The van der Waals surface area contributed by atoms with Crippen molar-refractivity contribution in [1.29, 1.82) is 0 Å². The second-order valence-corrected chi connectivity index (χ2v) is 9.05. The minimum absolute atomic E-state index is 0.0374. The van der Waals surface area contributed by atoms with Crippen LogP contribution in [0.5, 0.6) is 5.75 Å². The lowest BCUT2D eigenvalue weighted by Crippen LogP contribution is -2.46. The van der Waals surface area contributed by atoms with Crippen molar-refractivity contribution < 1.29 is 19.0 Å². The molecule has 0 spiro atoms. The molecule has 2 aliphatic rings. The van der Waals surface area contributed by atoms with Crippen molar-refractivity contribution in [3.63, 3.8) is 0 Å². The third kappa shape index (κ3) is 3.61. The molecule has 6 rings (SSSR count). The molecule has 0 radical (unpaired) electrons. The summed E-state index contributed by atoms with van der Waals surface area (Å²) in [7, 11) is 0. The molecular formula is C27H24FN3O4. The Bertz CT molecular complexity index is 1530. The number of carboxylic acid groups (broad SMARTS) is 1. The third-order valence-electron chi connectivity index (χ3n) is 7.02. The van der Waals surface area contributed by atoms with E-state index < -0.39 is 17.2 Å². The number of anilines is 1. The van der Waals surface area contributed by atoms with Gasteiger partial charge in [-0.3, -0.25) is 9.69 Å². The van der Waals surface area contributed by atoms with Gasteiger partial charge in [-0.15, -0.1) is 0 Å². The minimum Gasteiger partial charge on any atom is -0.487 e. The summed E-state index contributed by atoms with van der Waals surface area (Å²) in [5.74, 6) is -1.56. The van der Waals surface area contributed by atoms with Crippen LogP contribution in [-0.2, 0) is 13.1 Å². The molecule has 1 fully saturated rings. The Kier molecular flexibility index (Phi) is 5.18. The van der Waals surface area contributed by atoms with Crippen LogP contribution in [0.3, 0.4) is 0 Å². The van der Waals surface area contributed by atoms with E-state index in [4.69, 9.17) is 4.74 Å². The second-order valence-electron chi connectivity index (χ2n) is 9.05. The first-order valence-corrected chi connectivity index (χ1v) is 11.7. The molecule has 0 bridgehead atoms. The lowest BCUT2D eigenvalue weighted by Gasteiger charge is -2.37. The fourth-order valence-electron chi connectivity index (χ4n) is 5.30. The van der Waals surface area contributed by atoms with Crippen molar-refractivity contribution in [3.05, 3.63) is 81.9 Å². The van der Waals surface area contributed by atoms with Gasteiger partial charge in [-0.1, -0.05) is 42.5 Å². The molecule has 0 atom stereocenters. The number of carbonyl (C=O) groups is 1. The van der Waals surface area contributed by atoms with Gasteiger partial charge in [-0.05, 0) is 22.4 Å². The minimum atomic E-state index is -1.32. The van der Waals surface area contributed by atoms with Crippen molar-refractivity contribution in [3.8, 4) is 5.75 Å². The summed E-state index contributed by atoms with van der Waals surface area (Å²) in [4.78, 5) is 28.6. The molecule has 35 heavy (non-hydrogen) atoms. The second kappa shape index (κ2) is 8.39. The van der Waals surface area contributed by atoms with E-state index in [1.807, 2.05) is 11.0 Å². The molecule has 0 saturated carbocycles. The van der Waals surface area contributed by atoms with Crippen molar-refractivity contribution in [1.82, 2.24) is 9.47 Å². The van der Waals surface area contributed by atoms with E-state index in [0.717, 1.165) is 25.7 Å². The maximum absolute atomic E-state index is 15.4. The molecule has 4 aromatic rings. The van der Waals surface area contributed by atoms with Gasteiger partial charge < -0.3 is 19.3 Å². The summed E-state index contributed by atoms with van der Waals surface area (Å²) in [6.45, 7) is 4.23. The highest BCUT2D eigenvalue weighted by Crippen LogP contribution is 2.40. The van der Waals surface area contributed by atoms with Gasteiger partial charge in [0.05, 0.1) is 17.4 Å². The van der Waals surface area contributed by atoms with Gasteiger partial charge in [0.15, 0.2) is 11.6 Å². The molecular weight excluding hydrogens is 449 g/mol. The SMILES string of the molecule is O=C(O)c1cn2c3c(c(N4CCN(Cc5cccc6ccccc56)CC4)c(F)cc3c1=O)OCC2. The maximum Gasteiger partial charge on any atom is 0.341 e. The largest absolute Gasteiger partial charge is 0.487 e. The molecule has 1 saturated heterocycles. The van der Waals surface area contributed by atoms with E-state index in [0.29, 0.717) is 36.6 Å². The van der Waals surface area contributed by atoms with Gasteiger partial charge in [-0.25, -0.2) is 9.18 Å². The molecule has 1 N–H and O–H groups in total. The number of halogens is 1. The first kappa shape index (κ1) is 21.6. The van der Waals surface area contributed by atoms with Gasteiger partial charge in [0, 0.05) is 38.9 Å². The van der Waals surface area contributed by atoms with Crippen LogP contribution < -0.4 is 15.1 Å². The highest BCUT2D eigenvalue weighted by Gasteiger charge is 2.29. The van der Waals surface area contributed by atoms with E-state index in [1.165, 1.54) is 22.5 Å². The van der Waals surface area contributed by atoms with Crippen molar-refractivity contribution in [2.24, 2.45) is 0 Å². The fraction of sp³-hybridized carbons (Fsp3) is 0.259. The summed E-state index contributed by atoms with van der Waals surface area (Å²) in [5.41, 5.74) is 1.02. The van der Waals surface area contributed by atoms with Crippen LogP contribution >= 0.6 is 0 Å². The third-order valence-corrected chi connectivity index (χ3v) is 7.02. The molecule has 3 heterocycles. The van der Waals surface area contributed by atoms with Crippen molar-refractivity contribution in [2.45, 2.75) is 13.1 Å². The Morgan fingerprint density at radius 3 is 2.57 bits per heavy atom. The number of aromatic carboxylic acids is 1. The molecule has 3 aromatic carbocycles. The summed E-state index contributed by atoms with van der Waals surface area (Å²) in [5, 5.41) is 11.9. The van der Waals surface area contributed by atoms with Gasteiger partial charge in [-0.2, -0.15) is 0 Å². The first-order chi connectivity index (χ1) is 17.0. The van der Waals surface area contributed by atoms with Gasteiger partial charge in [0.25, 0.3) is 0 Å². The summed E-state index contributed by atoms with van der Waals surface area (Å²) >= 11 is 0. The predicted octanol–water partition coefficient (Wildman–Crippen LogP) is 3.71. The molecule has 0 unspecified atom stereocenters. The van der Waals surface area contributed by atoms with Crippen LogP contribution in [0, 0.1) is 5.82 Å². The van der Waals surface area contributed by atoms with Gasteiger partial charge >= 0.3 is 5.97 Å². The molecule has 0 aliphatic carbocycles. The van der Waals surface area contributed by atoms with E-state index in [9.17, 15) is 14.7 Å². The topological polar surface area (TPSA) is 75.0 Å². The standard InChI is InChI=1S/C27H24FN3O4/c28-22-14-20-23-26(35-13-12-31(23)16-21(25(20)32)27(33)34)24(22)30-10-8-29(9-11-30)15-18-6-3-5-17-4-1-2-7-19(17)18/h1-7,14,16H,8-13,15H2,(H,33,34). The average molecular weight is 474 g/mol. The lowest BCUT2D eigenvalue weighted by molar-refractivity contribution is 0.0694. The molecule has 2 aliphatic heterocycles. The van der Waals surface area contributed by atoms with Gasteiger partial charge in [0.1, 0.15) is 17.9 Å². The number of hydrogen-bond acceptors (Lipinski definition) is 5. The Morgan fingerprint density at radius 1 is 1.00 bits per heavy atom. The van der Waals surface area contributed by atoms with Crippen LogP contribution in [0.1, 0.15) is 15.9 Å². The summed E-state index contributed by atoms with van der Waals surface area (Å²) in [6, 6.07) is 15.9. The Morgan fingerprint density at radius 2 is 1.77 bits per heavy atom. The van der Waals surface area contributed by atoms with Gasteiger partial charge in [0.2, 0.25) is 5.43 Å². The maximum atomic E-state index is 15.4. The number of carboxylic acids is 1. The fourth-order valence-corrected chi connectivity index (χ4v) is 5.30. The van der Waals surface area contributed by atoms with Crippen LogP contribution in [0.25, 0.3) is 21.7 Å². The first-order valence-electron chi connectivity index (χ1n) is 11.7. The van der Waals surface area contributed by atoms with Crippen molar-refractivity contribution in [2.75, 3.05) is 37.7 Å². The number of nitrogens with zero attached hydrogens (tertiary/aromatic N) is 3.